The number of hydrogen-bond acceptors (Lipinski definition) is 4. The molecule has 1 aromatic carbocycles. The highest BCUT2D eigenvalue weighted by Gasteiger charge is 2.21. The van der Waals surface area contributed by atoms with E-state index in [-0.39, 0.29) is 11.8 Å². The number of nitrogens with two attached hydrogens (primary N) is 1. The maximum absolute atomic E-state index is 13.3. The summed E-state index contributed by atoms with van der Waals surface area (Å²) in [5, 5.41) is 0. The number of rotatable bonds is 2. The summed E-state index contributed by atoms with van der Waals surface area (Å²) in [5.74, 6) is 1.45. The number of hydrogen-bond donors (Lipinski definition) is 1. The van der Waals surface area contributed by atoms with Crippen molar-refractivity contribution < 1.29 is 4.39 Å². The molecule has 0 radical (unpaired) electrons. The van der Waals surface area contributed by atoms with Crippen molar-refractivity contribution in [1.29, 1.82) is 0 Å². The molecule has 1 aromatic heterocycles. The van der Waals surface area contributed by atoms with E-state index >= 15 is 0 Å². The summed E-state index contributed by atoms with van der Waals surface area (Å²) >= 11 is 0. The Hall–Kier alpha value is -2.04. The zero-order valence-corrected chi connectivity index (χ0v) is 10.5. The normalized spacial score (nSPS) is 15.8. The molecule has 1 heterocycles. The van der Waals surface area contributed by atoms with Crippen LogP contribution >= 0.6 is 0 Å². The van der Waals surface area contributed by atoms with E-state index in [1.54, 1.807) is 12.1 Å². The maximum atomic E-state index is 13.3. The van der Waals surface area contributed by atoms with Gasteiger partial charge in [0.05, 0.1) is 0 Å². The first-order valence-electron chi connectivity index (χ1n) is 6.50. The molecule has 0 unspecified atom stereocenters. The Morgan fingerprint density at radius 2 is 1.89 bits per heavy atom. The van der Waals surface area contributed by atoms with Crippen LogP contribution in [0.2, 0.25) is 0 Å². The Bertz CT molecular complexity index is 594. The number of halogens is 1. The summed E-state index contributed by atoms with van der Waals surface area (Å²) in [7, 11) is 0. The number of nitrogen functional groups attached to an aromatic ring is 1. The topological polar surface area (TPSA) is 64.7 Å². The molecule has 3 rings (SSSR count). The van der Waals surface area contributed by atoms with Crippen LogP contribution in [0.25, 0.3) is 11.4 Å². The van der Waals surface area contributed by atoms with E-state index < -0.39 is 0 Å². The Morgan fingerprint density at radius 1 is 1.11 bits per heavy atom. The third kappa shape index (κ3) is 2.54. The van der Waals surface area contributed by atoms with E-state index in [1.165, 1.54) is 25.0 Å². The van der Waals surface area contributed by atoms with Gasteiger partial charge in [-0.15, -0.1) is 0 Å². The maximum Gasteiger partial charge on any atom is 0.223 e. The molecule has 4 nitrogen and oxygen atoms in total. The lowest BCUT2D eigenvalue weighted by molar-refractivity contribution is 0.628. The lowest BCUT2D eigenvalue weighted by Gasteiger charge is -2.09. The van der Waals surface area contributed by atoms with E-state index in [0.29, 0.717) is 17.3 Å². The van der Waals surface area contributed by atoms with Crippen molar-refractivity contribution in [3.05, 3.63) is 35.9 Å². The van der Waals surface area contributed by atoms with Crippen LogP contribution in [-0.4, -0.2) is 15.0 Å². The van der Waals surface area contributed by atoms with Crippen LogP contribution in [0.3, 0.4) is 0 Å². The Labute approximate surface area is 110 Å². The summed E-state index contributed by atoms with van der Waals surface area (Å²) in [6, 6.07) is 6.22. The fourth-order valence-corrected chi connectivity index (χ4v) is 2.53. The Kier molecular flexibility index (Phi) is 3.11. The van der Waals surface area contributed by atoms with E-state index in [4.69, 9.17) is 5.73 Å². The van der Waals surface area contributed by atoms with Gasteiger partial charge in [-0.25, -0.2) is 9.37 Å². The zero-order chi connectivity index (χ0) is 13.2. The van der Waals surface area contributed by atoms with Crippen molar-refractivity contribution in [2.75, 3.05) is 5.73 Å². The molecule has 19 heavy (non-hydrogen) atoms. The van der Waals surface area contributed by atoms with Crippen molar-refractivity contribution in [1.82, 2.24) is 15.0 Å². The lowest BCUT2D eigenvalue weighted by Crippen LogP contribution is -2.07. The number of benzene rings is 1. The second-order valence-corrected chi connectivity index (χ2v) is 4.87. The largest absolute Gasteiger partial charge is 0.368 e. The van der Waals surface area contributed by atoms with Crippen LogP contribution in [0.4, 0.5) is 10.3 Å². The molecule has 1 aliphatic rings. The van der Waals surface area contributed by atoms with Gasteiger partial charge in [0, 0.05) is 11.5 Å². The molecular weight excluding hydrogens is 243 g/mol. The van der Waals surface area contributed by atoms with Gasteiger partial charge in [0.1, 0.15) is 11.6 Å². The van der Waals surface area contributed by atoms with Crippen molar-refractivity contribution >= 4 is 5.95 Å². The second-order valence-electron chi connectivity index (χ2n) is 4.87. The number of anilines is 1. The summed E-state index contributed by atoms with van der Waals surface area (Å²) in [5.41, 5.74) is 6.38. The van der Waals surface area contributed by atoms with Crippen LogP contribution in [-0.2, 0) is 0 Å². The van der Waals surface area contributed by atoms with Crippen molar-refractivity contribution in [2.24, 2.45) is 0 Å². The first kappa shape index (κ1) is 12.0. The molecule has 1 fully saturated rings. The summed E-state index contributed by atoms with van der Waals surface area (Å²) in [6.45, 7) is 0. The standard InChI is InChI=1S/C14H15FN4/c15-11-7-3-6-10(8-11)13-17-12(18-14(16)19-13)9-4-1-2-5-9/h3,6-9H,1-2,4-5H2,(H2,16,17,18,19). The van der Waals surface area contributed by atoms with Gasteiger partial charge in [-0.2, -0.15) is 9.97 Å². The van der Waals surface area contributed by atoms with Crippen LogP contribution in [0.15, 0.2) is 24.3 Å². The van der Waals surface area contributed by atoms with E-state index in [0.717, 1.165) is 18.7 Å². The molecule has 1 aliphatic carbocycles. The van der Waals surface area contributed by atoms with Gasteiger partial charge in [-0.1, -0.05) is 25.0 Å². The SMILES string of the molecule is Nc1nc(-c2cccc(F)c2)nc(C2CCCC2)n1. The van der Waals surface area contributed by atoms with Gasteiger partial charge in [0.2, 0.25) is 5.95 Å². The molecule has 0 atom stereocenters. The van der Waals surface area contributed by atoms with Gasteiger partial charge < -0.3 is 5.73 Å². The van der Waals surface area contributed by atoms with Crippen molar-refractivity contribution in [2.45, 2.75) is 31.6 Å². The summed E-state index contributed by atoms with van der Waals surface area (Å²) < 4.78 is 13.3. The lowest BCUT2D eigenvalue weighted by atomic mass is 10.1. The zero-order valence-electron chi connectivity index (χ0n) is 10.5. The number of aromatic nitrogens is 3. The second kappa shape index (κ2) is 4.91. The molecule has 2 N–H and O–H groups in total. The van der Waals surface area contributed by atoms with Gasteiger partial charge in [0.25, 0.3) is 0 Å². The minimum atomic E-state index is -0.307. The molecule has 1 saturated carbocycles. The molecule has 0 spiro atoms. The summed E-state index contributed by atoms with van der Waals surface area (Å²) in [4.78, 5) is 12.8. The molecule has 2 aromatic rings. The molecule has 0 bridgehead atoms. The van der Waals surface area contributed by atoms with Gasteiger partial charge in [0.15, 0.2) is 5.82 Å². The van der Waals surface area contributed by atoms with E-state index in [2.05, 4.69) is 15.0 Å². The summed E-state index contributed by atoms with van der Waals surface area (Å²) in [6.07, 6.45) is 4.58. The Balaban J connectivity index is 2.01. The van der Waals surface area contributed by atoms with Crippen molar-refractivity contribution in [3.63, 3.8) is 0 Å². The molecule has 0 aliphatic heterocycles. The molecule has 98 valence electrons. The number of nitrogens with zero attached hydrogens (tertiary/aromatic N) is 3. The van der Waals surface area contributed by atoms with Crippen LogP contribution in [0.5, 0.6) is 0 Å². The average molecular weight is 258 g/mol. The first-order valence-corrected chi connectivity index (χ1v) is 6.50. The van der Waals surface area contributed by atoms with E-state index in [1.807, 2.05) is 0 Å². The fourth-order valence-electron chi connectivity index (χ4n) is 2.53. The van der Waals surface area contributed by atoms with E-state index in [9.17, 15) is 4.39 Å². The minimum Gasteiger partial charge on any atom is -0.368 e. The van der Waals surface area contributed by atoms with Crippen LogP contribution in [0, 0.1) is 5.82 Å². The van der Waals surface area contributed by atoms with Crippen LogP contribution in [0.1, 0.15) is 37.4 Å². The third-order valence-corrected chi connectivity index (χ3v) is 3.47. The highest BCUT2D eigenvalue weighted by molar-refractivity contribution is 5.55. The van der Waals surface area contributed by atoms with Crippen LogP contribution < -0.4 is 5.73 Å². The predicted octanol–water partition coefficient (Wildman–Crippen LogP) is 2.92. The molecule has 0 amide bonds. The van der Waals surface area contributed by atoms with Gasteiger partial charge >= 0.3 is 0 Å². The first-order chi connectivity index (χ1) is 9.22. The predicted molar refractivity (Wildman–Crippen MR) is 70.8 cm³/mol. The molecular formula is C14H15FN4. The smallest absolute Gasteiger partial charge is 0.223 e. The monoisotopic (exact) mass is 258 g/mol. The Morgan fingerprint density at radius 3 is 2.63 bits per heavy atom. The van der Waals surface area contributed by atoms with Gasteiger partial charge in [-0.3, -0.25) is 0 Å². The quantitative estimate of drug-likeness (QED) is 0.899. The fraction of sp³-hybridized carbons (Fsp3) is 0.357. The average Bonchev–Trinajstić information content (AvgIpc) is 2.92. The van der Waals surface area contributed by atoms with Crippen molar-refractivity contribution in [3.8, 4) is 11.4 Å². The third-order valence-electron chi connectivity index (χ3n) is 3.47. The minimum absolute atomic E-state index is 0.205. The molecule has 5 heteroatoms. The highest BCUT2D eigenvalue weighted by atomic mass is 19.1. The molecule has 0 saturated heterocycles. The highest BCUT2D eigenvalue weighted by Crippen LogP contribution is 2.32. The van der Waals surface area contributed by atoms with Gasteiger partial charge in [-0.05, 0) is 25.0 Å².